The molecule has 0 saturated heterocycles. The number of H-pyrrole nitrogens is 1. The van der Waals surface area contributed by atoms with Crippen molar-refractivity contribution in [2.24, 2.45) is 0 Å². The molecule has 12 heavy (non-hydrogen) atoms. The fourth-order valence-corrected chi connectivity index (χ4v) is 1.13. The van der Waals surface area contributed by atoms with Crippen LogP contribution < -0.4 is 0 Å². The smallest absolute Gasteiger partial charge is 0.113 e. The van der Waals surface area contributed by atoms with Crippen LogP contribution in [0.25, 0.3) is 11.3 Å². The molecule has 0 amide bonds. The Kier molecular flexibility index (Phi) is 1.63. The zero-order valence-corrected chi connectivity index (χ0v) is 6.70. The summed E-state index contributed by atoms with van der Waals surface area (Å²) in [5.74, 6) is 0. The predicted octanol–water partition coefficient (Wildman–Crippen LogP) is 1.58. The van der Waals surface area contributed by atoms with E-state index < -0.39 is 0 Å². The van der Waals surface area contributed by atoms with Gasteiger partial charge in [0.05, 0.1) is 0 Å². The SMILES string of the molecule is Cc1[c]cccc1-c1c[nH]nn1. The van der Waals surface area contributed by atoms with Crippen LogP contribution in [0.3, 0.4) is 0 Å². The van der Waals surface area contributed by atoms with Crippen molar-refractivity contribution in [3.63, 3.8) is 0 Å². The van der Waals surface area contributed by atoms with Crippen molar-refractivity contribution in [3.8, 4) is 11.3 Å². The van der Waals surface area contributed by atoms with Gasteiger partial charge >= 0.3 is 0 Å². The van der Waals surface area contributed by atoms with Gasteiger partial charge in [0.15, 0.2) is 0 Å². The van der Waals surface area contributed by atoms with Crippen molar-refractivity contribution < 1.29 is 0 Å². The second-order valence-corrected chi connectivity index (χ2v) is 2.57. The summed E-state index contributed by atoms with van der Waals surface area (Å²) in [5.41, 5.74) is 3.03. The van der Waals surface area contributed by atoms with Crippen molar-refractivity contribution in [3.05, 3.63) is 36.0 Å². The number of nitrogens with one attached hydrogen (secondary N) is 1. The molecule has 0 bridgehead atoms. The highest BCUT2D eigenvalue weighted by Crippen LogP contribution is 2.18. The molecule has 3 nitrogen and oxygen atoms in total. The van der Waals surface area contributed by atoms with Crippen LogP contribution in [0.1, 0.15) is 5.56 Å². The van der Waals surface area contributed by atoms with Crippen molar-refractivity contribution in [1.29, 1.82) is 0 Å². The van der Waals surface area contributed by atoms with Gasteiger partial charge in [-0.15, -0.1) is 5.10 Å². The molecule has 3 heteroatoms. The van der Waals surface area contributed by atoms with Crippen LogP contribution in [0.2, 0.25) is 0 Å². The summed E-state index contributed by atoms with van der Waals surface area (Å²) in [4.78, 5) is 0. The molecule has 2 aromatic rings. The average molecular weight is 158 g/mol. The average Bonchev–Trinajstić information content (AvgIpc) is 2.57. The summed E-state index contributed by atoms with van der Waals surface area (Å²) >= 11 is 0. The molecule has 0 aliphatic rings. The first-order valence-corrected chi connectivity index (χ1v) is 3.72. The van der Waals surface area contributed by atoms with Crippen LogP contribution in [-0.4, -0.2) is 15.4 Å². The summed E-state index contributed by atoms with van der Waals surface area (Å²) in [7, 11) is 0. The fraction of sp³-hybridized carbons (Fsp3) is 0.111. The Labute approximate surface area is 70.4 Å². The van der Waals surface area contributed by atoms with E-state index in [2.05, 4.69) is 21.5 Å². The van der Waals surface area contributed by atoms with Crippen LogP contribution in [0, 0.1) is 13.0 Å². The van der Waals surface area contributed by atoms with Gasteiger partial charge in [-0.3, -0.25) is 5.10 Å². The van der Waals surface area contributed by atoms with E-state index in [-0.39, 0.29) is 0 Å². The third kappa shape index (κ3) is 1.09. The summed E-state index contributed by atoms with van der Waals surface area (Å²) < 4.78 is 0. The Bertz CT molecular complexity index is 365. The summed E-state index contributed by atoms with van der Waals surface area (Å²) in [5, 5.41) is 10.3. The zero-order chi connectivity index (χ0) is 8.39. The van der Waals surface area contributed by atoms with E-state index in [4.69, 9.17) is 0 Å². The van der Waals surface area contributed by atoms with Gasteiger partial charge in [0, 0.05) is 11.8 Å². The largest absolute Gasteiger partial charge is 0.265 e. The van der Waals surface area contributed by atoms with E-state index in [0.29, 0.717) is 0 Å². The van der Waals surface area contributed by atoms with Crippen LogP contribution in [-0.2, 0) is 0 Å². The topological polar surface area (TPSA) is 41.6 Å². The molecule has 0 spiro atoms. The maximum atomic E-state index is 3.92. The molecule has 1 heterocycles. The Morgan fingerprint density at radius 3 is 3.08 bits per heavy atom. The van der Waals surface area contributed by atoms with Gasteiger partial charge in [-0.2, -0.15) is 0 Å². The van der Waals surface area contributed by atoms with Gasteiger partial charge in [0.1, 0.15) is 5.69 Å². The summed E-state index contributed by atoms with van der Waals surface area (Å²) in [6.45, 7) is 2.00. The van der Waals surface area contributed by atoms with Crippen LogP contribution in [0.15, 0.2) is 24.4 Å². The third-order valence-electron chi connectivity index (χ3n) is 1.76. The maximum Gasteiger partial charge on any atom is 0.113 e. The van der Waals surface area contributed by atoms with E-state index in [1.54, 1.807) is 6.20 Å². The normalized spacial score (nSPS) is 10.1. The Balaban J connectivity index is 2.55. The van der Waals surface area contributed by atoms with Gasteiger partial charge in [0.2, 0.25) is 0 Å². The lowest BCUT2D eigenvalue weighted by Gasteiger charge is -1.98. The molecule has 0 aliphatic heterocycles. The molecule has 0 aliphatic carbocycles. The molecule has 0 saturated carbocycles. The number of hydrogen-bond donors (Lipinski definition) is 1. The van der Waals surface area contributed by atoms with E-state index in [1.165, 1.54) is 0 Å². The number of hydrogen-bond acceptors (Lipinski definition) is 2. The number of aromatic amines is 1. The van der Waals surface area contributed by atoms with Crippen molar-refractivity contribution in [1.82, 2.24) is 15.4 Å². The van der Waals surface area contributed by atoms with Gasteiger partial charge in [0.25, 0.3) is 0 Å². The van der Waals surface area contributed by atoms with Crippen LogP contribution in [0.4, 0.5) is 0 Å². The lowest BCUT2D eigenvalue weighted by atomic mass is 10.1. The van der Waals surface area contributed by atoms with Gasteiger partial charge < -0.3 is 0 Å². The van der Waals surface area contributed by atoms with Gasteiger partial charge in [-0.25, -0.2) is 0 Å². The quantitative estimate of drug-likeness (QED) is 0.684. The molecular formula is C9H8N3. The lowest BCUT2D eigenvalue weighted by molar-refractivity contribution is 0.942. The summed E-state index contributed by atoms with van der Waals surface area (Å²) in [6.07, 6.45) is 1.77. The molecule has 1 aromatic carbocycles. The molecule has 1 aromatic heterocycles. The molecular weight excluding hydrogens is 150 g/mol. The minimum atomic E-state index is 0.865. The molecule has 59 valence electrons. The number of benzene rings is 1. The van der Waals surface area contributed by atoms with E-state index >= 15 is 0 Å². The number of rotatable bonds is 1. The van der Waals surface area contributed by atoms with Crippen molar-refractivity contribution in [2.75, 3.05) is 0 Å². The zero-order valence-electron chi connectivity index (χ0n) is 6.70. The Morgan fingerprint density at radius 2 is 2.42 bits per heavy atom. The van der Waals surface area contributed by atoms with E-state index in [9.17, 15) is 0 Å². The van der Waals surface area contributed by atoms with Gasteiger partial charge in [-0.05, 0) is 18.6 Å². The monoisotopic (exact) mass is 158 g/mol. The van der Waals surface area contributed by atoms with Crippen LogP contribution in [0.5, 0.6) is 0 Å². The Morgan fingerprint density at radius 1 is 1.50 bits per heavy atom. The van der Waals surface area contributed by atoms with Crippen LogP contribution >= 0.6 is 0 Å². The summed E-state index contributed by atoms with van der Waals surface area (Å²) in [6, 6.07) is 8.94. The lowest BCUT2D eigenvalue weighted by Crippen LogP contribution is -1.82. The number of nitrogens with zero attached hydrogens (tertiary/aromatic N) is 2. The number of aromatic nitrogens is 3. The highest BCUT2D eigenvalue weighted by atomic mass is 15.3. The maximum absolute atomic E-state index is 3.92. The molecule has 0 atom stereocenters. The van der Waals surface area contributed by atoms with Crippen molar-refractivity contribution >= 4 is 0 Å². The first-order valence-electron chi connectivity index (χ1n) is 3.72. The van der Waals surface area contributed by atoms with E-state index in [0.717, 1.165) is 16.8 Å². The Hall–Kier alpha value is -1.64. The second kappa shape index (κ2) is 2.77. The molecule has 1 radical (unpaired) electrons. The fourth-order valence-electron chi connectivity index (χ4n) is 1.13. The highest BCUT2D eigenvalue weighted by Gasteiger charge is 2.01. The molecule has 0 unspecified atom stereocenters. The predicted molar refractivity (Wildman–Crippen MR) is 45.4 cm³/mol. The number of aryl methyl sites for hydroxylation is 1. The minimum Gasteiger partial charge on any atom is -0.265 e. The minimum absolute atomic E-state index is 0.865. The van der Waals surface area contributed by atoms with Gasteiger partial charge in [-0.1, -0.05) is 23.4 Å². The van der Waals surface area contributed by atoms with E-state index in [1.807, 2.05) is 25.1 Å². The first kappa shape index (κ1) is 7.03. The molecule has 2 rings (SSSR count). The second-order valence-electron chi connectivity index (χ2n) is 2.57. The standard InChI is InChI=1S/C9H8N3/c1-7-4-2-3-5-8(7)9-6-10-12-11-9/h2-3,5-6H,1H3,(H,10,11,12). The third-order valence-corrected chi connectivity index (χ3v) is 1.76. The molecule has 0 fully saturated rings. The first-order chi connectivity index (χ1) is 5.88. The van der Waals surface area contributed by atoms with Crippen molar-refractivity contribution in [2.45, 2.75) is 6.92 Å². The molecule has 1 N–H and O–H groups in total. The highest BCUT2D eigenvalue weighted by molar-refractivity contribution is 5.61.